The fourth-order valence-corrected chi connectivity index (χ4v) is 2.93. The average Bonchev–Trinajstić information content (AvgIpc) is 2.43. The monoisotopic (exact) mass is 338 g/mol. The number of halogens is 1. The molecule has 0 aliphatic heterocycles. The molecule has 0 bridgehead atoms. The second kappa shape index (κ2) is 7.23. The summed E-state index contributed by atoms with van der Waals surface area (Å²) < 4.78 is 1.12. The van der Waals surface area contributed by atoms with Crippen molar-refractivity contribution in [2.75, 3.05) is 0 Å². The maximum atomic E-state index is 12.0. The van der Waals surface area contributed by atoms with Crippen LogP contribution in [0.4, 0.5) is 0 Å². The zero-order valence-corrected chi connectivity index (χ0v) is 13.6. The van der Waals surface area contributed by atoms with Crippen LogP contribution in [-0.4, -0.2) is 18.0 Å². The minimum absolute atomic E-state index is 0.158. The second-order valence-electron chi connectivity index (χ2n) is 5.76. The van der Waals surface area contributed by atoms with E-state index >= 15 is 0 Å². The molecule has 110 valence electrons. The van der Waals surface area contributed by atoms with Crippen LogP contribution in [0.25, 0.3) is 0 Å². The largest absolute Gasteiger partial charge is 0.353 e. The van der Waals surface area contributed by atoms with Gasteiger partial charge in [0, 0.05) is 23.0 Å². The Kier molecular flexibility index (Phi) is 5.61. The van der Waals surface area contributed by atoms with Gasteiger partial charge in [-0.15, -0.1) is 0 Å². The van der Waals surface area contributed by atoms with Crippen molar-refractivity contribution in [2.45, 2.75) is 57.5 Å². The fraction of sp³-hybridized carbons (Fsp3) is 0.562. The molecule has 20 heavy (non-hydrogen) atoms. The predicted molar refractivity (Wildman–Crippen MR) is 85.6 cm³/mol. The third-order valence-electron chi connectivity index (χ3n) is 4.00. The molecule has 3 nitrogen and oxygen atoms in total. The predicted octanol–water partition coefficient (Wildman–Crippen LogP) is 3.08. The Morgan fingerprint density at radius 3 is 2.70 bits per heavy atom. The molecule has 1 aromatic rings. The number of rotatable bonds is 4. The van der Waals surface area contributed by atoms with Crippen LogP contribution in [0.5, 0.6) is 0 Å². The number of aryl methyl sites for hydroxylation is 2. The van der Waals surface area contributed by atoms with Crippen LogP contribution in [0.1, 0.15) is 43.2 Å². The van der Waals surface area contributed by atoms with Crippen molar-refractivity contribution in [3.05, 3.63) is 33.8 Å². The summed E-state index contributed by atoms with van der Waals surface area (Å²) in [7, 11) is 0. The van der Waals surface area contributed by atoms with Gasteiger partial charge in [-0.05, 0) is 56.2 Å². The Labute approximate surface area is 129 Å². The Bertz CT molecular complexity index is 468. The summed E-state index contributed by atoms with van der Waals surface area (Å²) in [5.41, 5.74) is 8.30. The van der Waals surface area contributed by atoms with Crippen molar-refractivity contribution >= 4 is 21.8 Å². The highest BCUT2D eigenvalue weighted by Crippen LogP contribution is 2.19. The molecule has 0 heterocycles. The summed E-state index contributed by atoms with van der Waals surface area (Å²) in [6, 6.07) is 6.91. The van der Waals surface area contributed by atoms with Crippen LogP contribution in [-0.2, 0) is 11.2 Å². The molecular formula is C16H23BrN2O. The molecule has 1 saturated carbocycles. The number of carbonyl (C=O) groups excluding carboxylic acids is 1. The van der Waals surface area contributed by atoms with Crippen LogP contribution < -0.4 is 11.1 Å². The Morgan fingerprint density at radius 2 is 2.05 bits per heavy atom. The molecule has 1 aromatic carbocycles. The first kappa shape index (κ1) is 15.5. The summed E-state index contributed by atoms with van der Waals surface area (Å²) in [5, 5.41) is 3.13. The Hall–Kier alpha value is -0.870. The molecular weight excluding hydrogens is 316 g/mol. The third kappa shape index (κ3) is 4.60. The standard InChI is InChI=1S/C16H23BrN2O/c1-11-10-12(2-8-15(11)17)3-9-16(20)19-14-6-4-13(18)5-7-14/h2,8,10,13-14H,3-7,9,18H2,1H3,(H,19,20). The van der Waals surface area contributed by atoms with Gasteiger partial charge in [0.2, 0.25) is 5.91 Å². The molecule has 0 saturated heterocycles. The quantitative estimate of drug-likeness (QED) is 0.886. The summed E-state index contributed by atoms with van der Waals surface area (Å²) in [4.78, 5) is 12.0. The normalized spacial score (nSPS) is 22.6. The first-order chi connectivity index (χ1) is 9.54. The molecule has 0 unspecified atom stereocenters. The van der Waals surface area contributed by atoms with Gasteiger partial charge in [0.15, 0.2) is 0 Å². The number of hydrogen-bond donors (Lipinski definition) is 2. The van der Waals surface area contributed by atoms with E-state index in [4.69, 9.17) is 5.73 Å². The van der Waals surface area contributed by atoms with Gasteiger partial charge in [0.25, 0.3) is 0 Å². The minimum Gasteiger partial charge on any atom is -0.353 e. The van der Waals surface area contributed by atoms with Crippen molar-refractivity contribution in [3.8, 4) is 0 Å². The number of benzene rings is 1. The highest BCUT2D eigenvalue weighted by molar-refractivity contribution is 9.10. The molecule has 3 N–H and O–H groups in total. The van der Waals surface area contributed by atoms with Crippen LogP contribution in [0.3, 0.4) is 0 Å². The second-order valence-corrected chi connectivity index (χ2v) is 6.62. The van der Waals surface area contributed by atoms with E-state index in [1.807, 2.05) is 6.07 Å². The maximum Gasteiger partial charge on any atom is 0.220 e. The maximum absolute atomic E-state index is 12.0. The zero-order valence-electron chi connectivity index (χ0n) is 12.0. The summed E-state index contributed by atoms with van der Waals surface area (Å²) >= 11 is 3.49. The average molecular weight is 339 g/mol. The number of nitrogens with one attached hydrogen (secondary N) is 1. The van der Waals surface area contributed by atoms with Crippen molar-refractivity contribution in [1.29, 1.82) is 0 Å². The lowest BCUT2D eigenvalue weighted by Crippen LogP contribution is -2.40. The van der Waals surface area contributed by atoms with E-state index in [9.17, 15) is 4.79 Å². The van der Waals surface area contributed by atoms with Gasteiger partial charge in [-0.2, -0.15) is 0 Å². The number of hydrogen-bond acceptors (Lipinski definition) is 2. The fourth-order valence-electron chi connectivity index (χ4n) is 2.68. The van der Waals surface area contributed by atoms with Gasteiger partial charge in [-0.1, -0.05) is 28.1 Å². The third-order valence-corrected chi connectivity index (χ3v) is 4.89. The Morgan fingerprint density at radius 1 is 1.35 bits per heavy atom. The summed E-state index contributed by atoms with van der Waals surface area (Å²) in [6.07, 6.45) is 5.44. The molecule has 0 radical (unpaired) electrons. The molecule has 0 atom stereocenters. The first-order valence-electron chi connectivity index (χ1n) is 7.34. The van der Waals surface area contributed by atoms with Gasteiger partial charge in [-0.3, -0.25) is 4.79 Å². The summed E-state index contributed by atoms with van der Waals surface area (Å²) in [6.45, 7) is 2.07. The van der Waals surface area contributed by atoms with Crippen molar-refractivity contribution in [1.82, 2.24) is 5.32 Å². The topological polar surface area (TPSA) is 55.1 Å². The molecule has 1 aliphatic carbocycles. The summed E-state index contributed by atoms with van der Waals surface area (Å²) in [5.74, 6) is 0.158. The van der Waals surface area contributed by atoms with E-state index in [1.54, 1.807) is 0 Å². The molecule has 2 rings (SSSR count). The van der Waals surface area contributed by atoms with E-state index in [0.29, 0.717) is 18.5 Å². The van der Waals surface area contributed by atoms with Gasteiger partial charge >= 0.3 is 0 Å². The van der Waals surface area contributed by atoms with Crippen LogP contribution in [0, 0.1) is 6.92 Å². The van der Waals surface area contributed by atoms with Crippen molar-refractivity contribution in [2.24, 2.45) is 5.73 Å². The molecule has 1 fully saturated rings. The zero-order chi connectivity index (χ0) is 14.5. The SMILES string of the molecule is Cc1cc(CCC(=O)NC2CCC(N)CC2)ccc1Br. The smallest absolute Gasteiger partial charge is 0.220 e. The van der Waals surface area contributed by atoms with E-state index in [2.05, 4.69) is 40.3 Å². The van der Waals surface area contributed by atoms with Crippen LogP contribution >= 0.6 is 15.9 Å². The lowest BCUT2D eigenvalue weighted by molar-refractivity contribution is -0.122. The first-order valence-corrected chi connectivity index (χ1v) is 8.14. The number of carbonyl (C=O) groups is 1. The van der Waals surface area contributed by atoms with E-state index in [-0.39, 0.29) is 5.91 Å². The van der Waals surface area contributed by atoms with Crippen molar-refractivity contribution < 1.29 is 4.79 Å². The van der Waals surface area contributed by atoms with E-state index in [0.717, 1.165) is 36.6 Å². The lowest BCUT2D eigenvalue weighted by Gasteiger charge is -2.26. The van der Waals surface area contributed by atoms with Gasteiger partial charge in [-0.25, -0.2) is 0 Å². The Balaban J connectivity index is 1.76. The number of nitrogens with two attached hydrogens (primary N) is 1. The minimum atomic E-state index is 0.158. The molecule has 0 aromatic heterocycles. The van der Waals surface area contributed by atoms with Gasteiger partial charge in [0.1, 0.15) is 0 Å². The highest BCUT2D eigenvalue weighted by atomic mass is 79.9. The molecule has 1 amide bonds. The molecule has 1 aliphatic rings. The van der Waals surface area contributed by atoms with Gasteiger partial charge < -0.3 is 11.1 Å². The van der Waals surface area contributed by atoms with Crippen LogP contribution in [0.15, 0.2) is 22.7 Å². The highest BCUT2D eigenvalue weighted by Gasteiger charge is 2.19. The lowest BCUT2D eigenvalue weighted by atomic mass is 9.91. The molecule has 0 spiro atoms. The van der Waals surface area contributed by atoms with Crippen molar-refractivity contribution in [3.63, 3.8) is 0 Å². The molecule has 4 heteroatoms. The van der Waals surface area contributed by atoms with E-state index < -0.39 is 0 Å². The van der Waals surface area contributed by atoms with Crippen LogP contribution in [0.2, 0.25) is 0 Å². The number of amides is 1. The van der Waals surface area contributed by atoms with Gasteiger partial charge in [0.05, 0.1) is 0 Å². The van der Waals surface area contributed by atoms with E-state index in [1.165, 1.54) is 11.1 Å².